The molecular formula is C16H14N2O2S. The van der Waals surface area contributed by atoms with Crippen molar-refractivity contribution in [1.82, 2.24) is 9.55 Å². The molecule has 0 aliphatic rings. The summed E-state index contributed by atoms with van der Waals surface area (Å²) >= 11 is 1.48. The summed E-state index contributed by atoms with van der Waals surface area (Å²) in [6.45, 7) is 2.29. The zero-order valence-corrected chi connectivity index (χ0v) is 12.3. The van der Waals surface area contributed by atoms with E-state index in [-0.39, 0.29) is 12.6 Å². The van der Waals surface area contributed by atoms with Gasteiger partial charge in [0.05, 0.1) is 11.9 Å². The highest BCUT2D eigenvalue weighted by atomic mass is 32.1. The van der Waals surface area contributed by atoms with E-state index in [1.807, 2.05) is 35.2 Å². The van der Waals surface area contributed by atoms with E-state index in [1.165, 1.54) is 11.3 Å². The summed E-state index contributed by atoms with van der Waals surface area (Å²) in [6, 6.07) is 7.78. The van der Waals surface area contributed by atoms with E-state index in [2.05, 4.69) is 11.1 Å². The molecule has 0 saturated carbocycles. The van der Waals surface area contributed by atoms with Crippen LogP contribution in [0, 0.1) is 6.92 Å². The van der Waals surface area contributed by atoms with Crippen LogP contribution in [0.1, 0.15) is 21.5 Å². The molecule has 1 aromatic carbocycles. The van der Waals surface area contributed by atoms with Gasteiger partial charge in [0, 0.05) is 23.5 Å². The maximum atomic E-state index is 11.8. The van der Waals surface area contributed by atoms with Crippen molar-refractivity contribution in [3.8, 4) is 5.69 Å². The third-order valence-electron chi connectivity index (χ3n) is 3.24. The lowest BCUT2D eigenvalue weighted by atomic mass is 10.1. The minimum absolute atomic E-state index is 0.282. The predicted molar refractivity (Wildman–Crippen MR) is 81.7 cm³/mol. The number of aryl methyl sites for hydroxylation is 1. The van der Waals surface area contributed by atoms with Crippen molar-refractivity contribution in [1.29, 1.82) is 0 Å². The fourth-order valence-corrected chi connectivity index (χ4v) is 2.65. The Labute approximate surface area is 126 Å². The Balaban J connectivity index is 1.70. The van der Waals surface area contributed by atoms with Crippen LogP contribution < -0.4 is 0 Å². The van der Waals surface area contributed by atoms with Crippen LogP contribution in [-0.4, -0.2) is 15.5 Å². The third-order valence-corrected chi connectivity index (χ3v) is 3.93. The van der Waals surface area contributed by atoms with Crippen LogP contribution in [0.25, 0.3) is 5.69 Å². The van der Waals surface area contributed by atoms with Crippen molar-refractivity contribution >= 4 is 17.3 Å². The second kappa shape index (κ2) is 5.93. The number of nitrogens with zero attached hydrogens (tertiary/aromatic N) is 2. The Bertz CT molecular complexity index is 734. The highest BCUT2D eigenvalue weighted by molar-refractivity contribution is 7.08. The average molecular weight is 298 g/mol. The topological polar surface area (TPSA) is 44.1 Å². The zero-order chi connectivity index (χ0) is 14.7. The van der Waals surface area contributed by atoms with E-state index in [0.717, 1.165) is 16.8 Å². The third kappa shape index (κ3) is 3.03. The highest BCUT2D eigenvalue weighted by Crippen LogP contribution is 2.16. The van der Waals surface area contributed by atoms with Crippen molar-refractivity contribution in [2.24, 2.45) is 0 Å². The number of hydrogen-bond donors (Lipinski definition) is 0. The van der Waals surface area contributed by atoms with Gasteiger partial charge in [-0.25, -0.2) is 9.78 Å². The van der Waals surface area contributed by atoms with E-state index >= 15 is 0 Å². The van der Waals surface area contributed by atoms with Crippen LogP contribution in [0.3, 0.4) is 0 Å². The first-order valence-corrected chi connectivity index (χ1v) is 7.45. The lowest BCUT2D eigenvalue weighted by Crippen LogP contribution is -2.05. The first-order valence-electron chi connectivity index (χ1n) is 6.51. The Morgan fingerprint density at radius 1 is 1.38 bits per heavy atom. The number of carbonyl (C=O) groups is 1. The van der Waals surface area contributed by atoms with Crippen LogP contribution in [0.4, 0.5) is 0 Å². The standard InChI is InChI=1S/C16H14N2O2S/c1-12-8-15(18-6-5-17-11-18)3-2-13(12)9-20-16(19)14-4-7-21-10-14/h2-8,10-11H,9H2,1H3. The number of ether oxygens (including phenoxy) is 1. The molecule has 0 saturated heterocycles. The largest absolute Gasteiger partial charge is 0.457 e. The van der Waals surface area contributed by atoms with E-state index in [4.69, 9.17) is 4.74 Å². The first-order chi connectivity index (χ1) is 10.2. The van der Waals surface area contributed by atoms with Gasteiger partial charge in [0.15, 0.2) is 0 Å². The second-order valence-electron chi connectivity index (χ2n) is 4.67. The molecule has 4 nitrogen and oxygen atoms in total. The van der Waals surface area contributed by atoms with Gasteiger partial charge in [0.1, 0.15) is 6.61 Å². The molecule has 3 aromatic rings. The Kier molecular flexibility index (Phi) is 3.83. The summed E-state index contributed by atoms with van der Waals surface area (Å²) in [5.41, 5.74) is 3.73. The number of hydrogen-bond acceptors (Lipinski definition) is 4. The van der Waals surface area contributed by atoms with Gasteiger partial charge in [-0.2, -0.15) is 11.3 Å². The molecule has 2 aromatic heterocycles. The quantitative estimate of drug-likeness (QED) is 0.691. The van der Waals surface area contributed by atoms with E-state index < -0.39 is 0 Å². The lowest BCUT2D eigenvalue weighted by molar-refractivity contribution is 0.0473. The van der Waals surface area contributed by atoms with Gasteiger partial charge in [-0.15, -0.1) is 0 Å². The maximum absolute atomic E-state index is 11.8. The molecule has 0 fully saturated rings. The summed E-state index contributed by atoms with van der Waals surface area (Å²) in [5.74, 6) is -0.283. The molecule has 0 unspecified atom stereocenters. The molecule has 3 rings (SSSR count). The molecule has 0 bridgehead atoms. The number of rotatable bonds is 4. The minimum atomic E-state index is -0.283. The summed E-state index contributed by atoms with van der Waals surface area (Å²) in [5, 5.41) is 3.65. The fraction of sp³-hybridized carbons (Fsp3) is 0.125. The van der Waals surface area contributed by atoms with Crippen molar-refractivity contribution < 1.29 is 9.53 Å². The molecule has 2 heterocycles. The smallest absolute Gasteiger partial charge is 0.339 e. The number of carbonyl (C=O) groups excluding carboxylic acids is 1. The van der Waals surface area contributed by atoms with Crippen LogP contribution in [0.2, 0.25) is 0 Å². The molecule has 5 heteroatoms. The summed E-state index contributed by atoms with van der Waals surface area (Å²) in [7, 11) is 0. The van der Waals surface area contributed by atoms with Gasteiger partial charge in [0.25, 0.3) is 0 Å². The summed E-state index contributed by atoms with van der Waals surface area (Å²) < 4.78 is 7.27. The van der Waals surface area contributed by atoms with Crippen molar-refractivity contribution in [3.63, 3.8) is 0 Å². The Morgan fingerprint density at radius 3 is 2.95 bits per heavy atom. The monoisotopic (exact) mass is 298 g/mol. The van der Waals surface area contributed by atoms with Crippen molar-refractivity contribution in [2.45, 2.75) is 13.5 Å². The highest BCUT2D eigenvalue weighted by Gasteiger charge is 2.09. The molecule has 21 heavy (non-hydrogen) atoms. The van der Waals surface area contributed by atoms with Crippen LogP contribution in [-0.2, 0) is 11.3 Å². The number of aromatic nitrogens is 2. The molecule has 0 spiro atoms. The summed E-state index contributed by atoms with van der Waals surface area (Å²) in [4.78, 5) is 15.8. The molecule has 0 N–H and O–H groups in total. The lowest BCUT2D eigenvalue weighted by Gasteiger charge is -2.09. The molecule has 106 valence electrons. The van der Waals surface area contributed by atoms with Gasteiger partial charge in [0.2, 0.25) is 0 Å². The van der Waals surface area contributed by atoms with Gasteiger partial charge in [-0.05, 0) is 41.6 Å². The number of benzene rings is 1. The molecular weight excluding hydrogens is 284 g/mol. The molecule has 0 atom stereocenters. The molecule has 0 aliphatic heterocycles. The average Bonchev–Trinajstić information content (AvgIpc) is 3.18. The van der Waals surface area contributed by atoms with Crippen molar-refractivity contribution in [3.05, 3.63) is 70.4 Å². The van der Waals surface area contributed by atoms with Crippen LogP contribution >= 0.6 is 11.3 Å². The van der Waals surface area contributed by atoms with Gasteiger partial charge >= 0.3 is 5.97 Å². The van der Waals surface area contributed by atoms with Crippen LogP contribution in [0.15, 0.2) is 53.7 Å². The number of thiophene rings is 1. The number of imidazole rings is 1. The summed E-state index contributed by atoms with van der Waals surface area (Å²) in [6.07, 6.45) is 5.39. The maximum Gasteiger partial charge on any atom is 0.339 e. The molecule has 0 aliphatic carbocycles. The van der Waals surface area contributed by atoms with E-state index in [9.17, 15) is 4.79 Å². The van der Waals surface area contributed by atoms with E-state index in [1.54, 1.807) is 24.0 Å². The Morgan fingerprint density at radius 2 is 2.29 bits per heavy atom. The molecule has 0 radical (unpaired) electrons. The minimum Gasteiger partial charge on any atom is -0.457 e. The first kappa shape index (κ1) is 13.6. The van der Waals surface area contributed by atoms with Gasteiger partial charge in [-0.3, -0.25) is 0 Å². The van der Waals surface area contributed by atoms with E-state index in [0.29, 0.717) is 5.56 Å². The van der Waals surface area contributed by atoms with Gasteiger partial charge < -0.3 is 9.30 Å². The Hall–Kier alpha value is -2.40. The second-order valence-corrected chi connectivity index (χ2v) is 5.45. The normalized spacial score (nSPS) is 10.5. The number of esters is 1. The van der Waals surface area contributed by atoms with Crippen molar-refractivity contribution in [2.75, 3.05) is 0 Å². The molecule has 0 amide bonds. The zero-order valence-electron chi connectivity index (χ0n) is 11.5. The van der Waals surface area contributed by atoms with Crippen LogP contribution in [0.5, 0.6) is 0 Å². The predicted octanol–water partition coefficient (Wildman–Crippen LogP) is 3.60. The fourth-order valence-electron chi connectivity index (χ4n) is 2.02. The van der Waals surface area contributed by atoms with Gasteiger partial charge in [-0.1, -0.05) is 6.07 Å². The SMILES string of the molecule is Cc1cc(-n2ccnc2)ccc1COC(=O)c1ccsc1.